The zero-order valence-electron chi connectivity index (χ0n) is 20.4. The Kier molecular flexibility index (Phi) is 7.22. The summed E-state index contributed by atoms with van der Waals surface area (Å²) in [5, 5.41) is 17.8. The normalized spacial score (nSPS) is 18.9. The molecule has 9 nitrogen and oxygen atoms in total. The minimum Gasteiger partial charge on any atom is -0.465 e. The molecule has 0 aliphatic carbocycles. The summed E-state index contributed by atoms with van der Waals surface area (Å²) < 4.78 is 5.79. The second kappa shape index (κ2) is 10.7. The number of halogens is 1. The number of nitrogens with one attached hydrogen (secondary N) is 3. The van der Waals surface area contributed by atoms with Crippen molar-refractivity contribution in [1.82, 2.24) is 10.2 Å². The molecule has 0 radical (unpaired) electrons. The third kappa shape index (κ3) is 5.58. The fourth-order valence-corrected chi connectivity index (χ4v) is 5.20. The van der Waals surface area contributed by atoms with Crippen LogP contribution < -0.4 is 16.0 Å². The summed E-state index contributed by atoms with van der Waals surface area (Å²) in [4.78, 5) is 38.8. The Morgan fingerprint density at radius 1 is 1.08 bits per heavy atom. The van der Waals surface area contributed by atoms with Crippen LogP contribution >= 0.6 is 11.6 Å². The maximum Gasteiger partial charge on any atom is 0.412 e. The van der Waals surface area contributed by atoms with E-state index in [1.807, 2.05) is 42.5 Å². The predicted octanol–water partition coefficient (Wildman–Crippen LogP) is 4.82. The van der Waals surface area contributed by atoms with Crippen molar-refractivity contribution >= 4 is 41.1 Å². The summed E-state index contributed by atoms with van der Waals surface area (Å²) in [6.45, 7) is 1.07. The number of nitrogens with zero attached hydrogens (tertiary/aromatic N) is 1. The number of hydrogen-bond acceptors (Lipinski definition) is 5. The number of carboxylic acid groups (broad SMARTS) is 1. The molecule has 5 rings (SSSR count). The van der Waals surface area contributed by atoms with Crippen molar-refractivity contribution in [3.05, 3.63) is 94.5 Å². The van der Waals surface area contributed by atoms with Gasteiger partial charge in [0.15, 0.2) is 5.60 Å². The maximum absolute atomic E-state index is 13.8. The van der Waals surface area contributed by atoms with Gasteiger partial charge in [0.25, 0.3) is 0 Å². The highest BCUT2D eigenvalue weighted by Crippen LogP contribution is 2.43. The highest BCUT2D eigenvalue weighted by molar-refractivity contribution is 6.30. The number of rotatable bonds is 7. The Morgan fingerprint density at radius 3 is 2.58 bits per heavy atom. The summed E-state index contributed by atoms with van der Waals surface area (Å²) in [6, 6.07) is 21.4. The van der Waals surface area contributed by atoms with Crippen LogP contribution in [0, 0.1) is 0 Å². The fraction of sp³-hybridized carbons (Fsp3) is 0.250. The molecule has 3 aromatic carbocycles. The number of carbonyl (C=O) groups excluding carboxylic acids is 2. The van der Waals surface area contributed by atoms with Crippen molar-refractivity contribution < 1.29 is 24.2 Å². The minimum atomic E-state index is -1.13. The van der Waals surface area contributed by atoms with Gasteiger partial charge in [-0.15, -0.1) is 0 Å². The summed E-state index contributed by atoms with van der Waals surface area (Å²) in [5.41, 5.74) is 2.83. The quantitative estimate of drug-likeness (QED) is 0.345. The first-order valence-electron chi connectivity index (χ1n) is 12.3. The van der Waals surface area contributed by atoms with E-state index >= 15 is 0 Å². The smallest absolute Gasteiger partial charge is 0.412 e. The van der Waals surface area contributed by atoms with Crippen LogP contribution in [0.1, 0.15) is 23.1 Å². The molecule has 38 heavy (non-hydrogen) atoms. The number of likely N-dealkylation sites (tertiary alicyclic amines) is 1. The summed E-state index contributed by atoms with van der Waals surface area (Å²) >= 11 is 6.26. The van der Waals surface area contributed by atoms with E-state index < -0.39 is 23.8 Å². The van der Waals surface area contributed by atoms with Gasteiger partial charge in [0.1, 0.15) is 0 Å². The molecule has 196 valence electrons. The van der Waals surface area contributed by atoms with Crippen molar-refractivity contribution in [3.63, 3.8) is 0 Å². The van der Waals surface area contributed by atoms with Crippen LogP contribution in [-0.2, 0) is 28.1 Å². The minimum absolute atomic E-state index is 0.0898. The van der Waals surface area contributed by atoms with Crippen LogP contribution in [0.4, 0.5) is 21.0 Å². The molecule has 2 aliphatic heterocycles. The zero-order valence-corrected chi connectivity index (χ0v) is 21.2. The Balaban J connectivity index is 1.34. The lowest BCUT2D eigenvalue weighted by Gasteiger charge is -2.35. The molecule has 1 spiro atoms. The lowest BCUT2D eigenvalue weighted by molar-refractivity contribution is -0.133. The summed E-state index contributed by atoms with van der Waals surface area (Å²) in [5.74, 6) is -0.0898. The van der Waals surface area contributed by atoms with Gasteiger partial charge in [0.05, 0.1) is 18.3 Å². The SMILES string of the molecule is O=C(O)Nc1ccc(CN[C@@H](Cc2ccccc2)C(=O)N2CC[C@@]3(C2)OC(=O)Nc2ccc(Cl)cc23)cc1. The topological polar surface area (TPSA) is 120 Å². The van der Waals surface area contributed by atoms with Gasteiger partial charge >= 0.3 is 12.2 Å². The van der Waals surface area contributed by atoms with Gasteiger partial charge in [-0.2, -0.15) is 0 Å². The molecule has 2 heterocycles. The van der Waals surface area contributed by atoms with E-state index in [0.717, 1.165) is 16.7 Å². The fourth-order valence-electron chi connectivity index (χ4n) is 5.03. The van der Waals surface area contributed by atoms with E-state index in [9.17, 15) is 14.4 Å². The Morgan fingerprint density at radius 2 is 1.84 bits per heavy atom. The molecule has 3 aromatic rings. The average molecular weight is 535 g/mol. The Bertz CT molecular complexity index is 1350. The molecule has 3 amide bonds. The number of fused-ring (bicyclic) bond motifs is 2. The van der Waals surface area contributed by atoms with E-state index in [2.05, 4.69) is 16.0 Å². The number of anilines is 2. The van der Waals surface area contributed by atoms with Gasteiger partial charge in [0, 0.05) is 35.8 Å². The molecule has 1 saturated heterocycles. The number of hydrogen-bond donors (Lipinski definition) is 4. The number of amides is 3. The van der Waals surface area contributed by atoms with Crippen LogP contribution in [0.5, 0.6) is 0 Å². The second-order valence-corrected chi connectivity index (χ2v) is 9.90. The lowest BCUT2D eigenvalue weighted by atomic mass is 9.90. The van der Waals surface area contributed by atoms with Crippen molar-refractivity contribution in [3.8, 4) is 0 Å². The highest BCUT2D eigenvalue weighted by atomic mass is 35.5. The first-order valence-corrected chi connectivity index (χ1v) is 12.6. The first kappa shape index (κ1) is 25.6. The van der Waals surface area contributed by atoms with Gasteiger partial charge in [0.2, 0.25) is 5.91 Å². The second-order valence-electron chi connectivity index (χ2n) is 9.46. The van der Waals surface area contributed by atoms with Crippen LogP contribution in [0.2, 0.25) is 5.02 Å². The van der Waals surface area contributed by atoms with Crippen LogP contribution in [0.3, 0.4) is 0 Å². The van der Waals surface area contributed by atoms with Crippen molar-refractivity contribution in [2.24, 2.45) is 0 Å². The maximum atomic E-state index is 13.8. The monoisotopic (exact) mass is 534 g/mol. The molecule has 1 fully saturated rings. The molecule has 0 aromatic heterocycles. The molecule has 2 atom stereocenters. The van der Waals surface area contributed by atoms with E-state index in [0.29, 0.717) is 42.3 Å². The van der Waals surface area contributed by atoms with Gasteiger partial charge in [-0.25, -0.2) is 9.59 Å². The standard InChI is InChI=1S/C28H27ClN4O5/c29-20-8-11-23-22(15-20)28(38-27(37)32-23)12-13-33(17-28)25(34)24(14-18-4-2-1-3-5-18)30-16-19-6-9-21(10-7-19)31-26(35)36/h1-11,15,24,30-31H,12-14,16-17H2,(H,32,37)(H,35,36)/t24-,28-/m0/s1. The third-order valence-electron chi connectivity index (χ3n) is 6.88. The summed E-state index contributed by atoms with van der Waals surface area (Å²) in [6.07, 6.45) is -0.729. The van der Waals surface area contributed by atoms with E-state index in [4.69, 9.17) is 21.4 Å². The molecule has 4 N–H and O–H groups in total. The van der Waals surface area contributed by atoms with Crippen LogP contribution in [0.15, 0.2) is 72.8 Å². The van der Waals surface area contributed by atoms with Crippen molar-refractivity contribution in [2.45, 2.75) is 31.0 Å². The molecular weight excluding hydrogens is 508 g/mol. The Hall–Kier alpha value is -4.08. The van der Waals surface area contributed by atoms with E-state index in [1.165, 1.54) is 0 Å². The van der Waals surface area contributed by atoms with Gasteiger partial charge < -0.3 is 20.1 Å². The third-order valence-corrected chi connectivity index (χ3v) is 7.11. The summed E-state index contributed by atoms with van der Waals surface area (Å²) in [7, 11) is 0. The molecule has 0 unspecified atom stereocenters. The highest BCUT2D eigenvalue weighted by Gasteiger charge is 2.49. The Labute approximate surface area is 224 Å². The van der Waals surface area contributed by atoms with Crippen LogP contribution in [0.25, 0.3) is 0 Å². The van der Waals surface area contributed by atoms with Crippen molar-refractivity contribution in [1.29, 1.82) is 0 Å². The number of carbonyl (C=O) groups is 3. The van der Waals surface area contributed by atoms with E-state index in [-0.39, 0.29) is 12.5 Å². The van der Waals surface area contributed by atoms with Gasteiger partial charge in [-0.3, -0.25) is 15.4 Å². The molecule has 0 saturated carbocycles. The van der Waals surface area contributed by atoms with Crippen LogP contribution in [-0.4, -0.2) is 47.2 Å². The predicted molar refractivity (Wildman–Crippen MR) is 143 cm³/mol. The van der Waals surface area contributed by atoms with Gasteiger partial charge in [-0.05, 0) is 47.9 Å². The molecule has 10 heteroatoms. The molecule has 2 aliphatic rings. The average Bonchev–Trinajstić information content (AvgIpc) is 3.32. The number of benzene rings is 3. The molecular formula is C28H27ClN4O5. The van der Waals surface area contributed by atoms with Gasteiger partial charge in [-0.1, -0.05) is 54.1 Å². The van der Waals surface area contributed by atoms with E-state index in [1.54, 1.807) is 35.2 Å². The first-order chi connectivity index (χ1) is 18.3. The lowest BCUT2D eigenvalue weighted by Crippen LogP contribution is -2.49. The van der Waals surface area contributed by atoms with Crippen molar-refractivity contribution in [2.75, 3.05) is 23.7 Å². The molecule has 0 bridgehead atoms. The zero-order chi connectivity index (χ0) is 26.7. The number of ether oxygens (including phenoxy) is 1. The largest absolute Gasteiger partial charge is 0.465 e.